The average molecular weight is 241 g/mol. The average Bonchev–Trinajstić information content (AvgIpc) is 2.41. The van der Waals surface area contributed by atoms with Gasteiger partial charge in [-0.1, -0.05) is 30.3 Å². The molecule has 1 N–H and O–H groups in total. The van der Waals surface area contributed by atoms with Gasteiger partial charge in [0.15, 0.2) is 0 Å². The highest BCUT2D eigenvalue weighted by Crippen LogP contribution is 2.18. The van der Waals surface area contributed by atoms with Crippen LogP contribution in [0.15, 0.2) is 54.6 Å². The molecule has 2 aromatic carbocycles. The quantitative estimate of drug-likeness (QED) is 0.886. The second-order valence-electron chi connectivity index (χ2n) is 4.67. The number of phenolic OH excluding ortho intramolecular Hbond substituents is 1. The Labute approximate surface area is 109 Å². The molecule has 0 saturated heterocycles. The fraction of sp³-hybridized carbons (Fsp3) is 0.250. The van der Waals surface area contributed by atoms with Crippen molar-refractivity contribution in [3.8, 4) is 5.75 Å². The number of hydrogen-bond donors (Lipinski definition) is 1. The number of aromatic hydroxyl groups is 1. The van der Waals surface area contributed by atoms with Crippen LogP contribution < -0.4 is 4.90 Å². The molecule has 1 atom stereocenters. The van der Waals surface area contributed by atoms with Gasteiger partial charge >= 0.3 is 0 Å². The van der Waals surface area contributed by atoms with Crippen molar-refractivity contribution in [2.45, 2.75) is 19.4 Å². The van der Waals surface area contributed by atoms with E-state index in [4.69, 9.17) is 0 Å². The lowest BCUT2D eigenvalue weighted by atomic mass is 10.1. The standard InChI is InChI=1S/C16H19NO/c1-13(12-14-8-10-16(18)11-9-14)17(2)15-6-4-3-5-7-15/h3-11,13,18H,12H2,1-2H3. The molecule has 94 valence electrons. The maximum atomic E-state index is 9.27. The number of likely N-dealkylation sites (N-methyl/N-ethyl adjacent to an activating group) is 1. The van der Waals surface area contributed by atoms with Crippen LogP contribution in [-0.4, -0.2) is 18.2 Å². The van der Waals surface area contributed by atoms with Gasteiger partial charge in [0.05, 0.1) is 0 Å². The first-order valence-electron chi connectivity index (χ1n) is 6.22. The van der Waals surface area contributed by atoms with Gasteiger partial charge in [-0.15, -0.1) is 0 Å². The lowest BCUT2D eigenvalue weighted by Crippen LogP contribution is -2.30. The zero-order valence-electron chi connectivity index (χ0n) is 10.9. The number of phenols is 1. The largest absolute Gasteiger partial charge is 0.508 e. The van der Waals surface area contributed by atoms with Crippen LogP contribution in [0.2, 0.25) is 0 Å². The molecule has 0 amide bonds. The van der Waals surface area contributed by atoms with Gasteiger partial charge in [-0.2, -0.15) is 0 Å². The highest BCUT2D eigenvalue weighted by atomic mass is 16.3. The van der Waals surface area contributed by atoms with Crippen LogP contribution in [0.1, 0.15) is 12.5 Å². The molecule has 2 heteroatoms. The number of hydrogen-bond acceptors (Lipinski definition) is 2. The monoisotopic (exact) mass is 241 g/mol. The normalized spacial score (nSPS) is 12.1. The Bertz CT molecular complexity index is 478. The molecule has 0 aliphatic heterocycles. The van der Waals surface area contributed by atoms with E-state index < -0.39 is 0 Å². The molecule has 0 bridgehead atoms. The van der Waals surface area contributed by atoms with Crippen molar-refractivity contribution in [3.05, 3.63) is 60.2 Å². The van der Waals surface area contributed by atoms with Crippen molar-refractivity contribution < 1.29 is 5.11 Å². The third kappa shape index (κ3) is 3.04. The van der Waals surface area contributed by atoms with E-state index in [1.807, 2.05) is 18.2 Å². The van der Waals surface area contributed by atoms with E-state index in [1.54, 1.807) is 12.1 Å². The Kier molecular flexibility index (Phi) is 3.88. The Balaban J connectivity index is 2.03. The van der Waals surface area contributed by atoms with Gasteiger partial charge in [-0.05, 0) is 43.2 Å². The Hall–Kier alpha value is -1.96. The minimum Gasteiger partial charge on any atom is -0.508 e. The molecule has 2 nitrogen and oxygen atoms in total. The van der Waals surface area contributed by atoms with E-state index in [9.17, 15) is 5.11 Å². The number of para-hydroxylation sites is 1. The maximum absolute atomic E-state index is 9.27. The van der Waals surface area contributed by atoms with Crippen LogP contribution in [0, 0.1) is 0 Å². The molecule has 0 radical (unpaired) electrons. The topological polar surface area (TPSA) is 23.5 Å². The van der Waals surface area contributed by atoms with Gasteiger partial charge in [-0.25, -0.2) is 0 Å². The van der Waals surface area contributed by atoms with Crippen molar-refractivity contribution >= 4 is 5.69 Å². The van der Waals surface area contributed by atoms with E-state index in [0.717, 1.165) is 6.42 Å². The number of benzene rings is 2. The lowest BCUT2D eigenvalue weighted by Gasteiger charge is -2.27. The summed E-state index contributed by atoms with van der Waals surface area (Å²) in [4.78, 5) is 2.27. The summed E-state index contributed by atoms with van der Waals surface area (Å²) >= 11 is 0. The molecule has 2 rings (SSSR count). The van der Waals surface area contributed by atoms with E-state index in [-0.39, 0.29) is 0 Å². The predicted octanol–water partition coefficient (Wildman–Crippen LogP) is 3.46. The number of nitrogens with zero attached hydrogens (tertiary/aromatic N) is 1. The van der Waals surface area contributed by atoms with Crippen molar-refractivity contribution in [3.63, 3.8) is 0 Å². The second kappa shape index (κ2) is 5.58. The zero-order valence-corrected chi connectivity index (χ0v) is 10.9. The third-order valence-electron chi connectivity index (χ3n) is 3.29. The minimum atomic E-state index is 0.322. The summed E-state index contributed by atoms with van der Waals surface area (Å²) < 4.78 is 0. The SMILES string of the molecule is CC(Cc1ccc(O)cc1)N(C)c1ccccc1. The molecular weight excluding hydrogens is 222 g/mol. The Morgan fingerprint density at radius 1 is 1.00 bits per heavy atom. The molecule has 0 aromatic heterocycles. The summed E-state index contributed by atoms with van der Waals surface area (Å²) in [6.45, 7) is 2.21. The molecule has 0 aliphatic rings. The summed E-state index contributed by atoms with van der Waals surface area (Å²) in [6.07, 6.45) is 0.964. The second-order valence-corrected chi connectivity index (χ2v) is 4.67. The van der Waals surface area contributed by atoms with Crippen LogP contribution in [0.25, 0.3) is 0 Å². The van der Waals surface area contributed by atoms with Crippen molar-refractivity contribution in [2.75, 3.05) is 11.9 Å². The van der Waals surface area contributed by atoms with Gasteiger partial charge in [0.1, 0.15) is 5.75 Å². The molecule has 0 aliphatic carbocycles. The summed E-state index contributed by atoms with van der Waals surface area (Å²) in [5.41, 5.74) is 2.46. The van der Waals surface area contributed by atoms with Crippen molar-refractivity contribution in [2.24, 2.45) is 0 Å². The number of rotatable bonds is 4. The highest BCUT2D eigenvalue weighted by Gasteiger charge is 2.10. The van der Waals surface area contributed by atoms with Gasteiger partial charge in [0.25, 0.3) is 0 Å². The van der Waals surface area contributed by atoms with Crippen LogP contribution in [-0.2, 0) is 6.42 Å². The lowest BCUT2D eigenvalue weighted by molar-refractivity contribution is 0.475. The highest BCUT2D eigenvalue weighted by molar-refractivity contribution is 5.46. The minimum absolute atomic E-state index is 0.322. The Morgan fingerprint density at radius 2 is 1.61 bits per heavy atom. The Morgan fingerprint density at radius 3 is 2.22 bits per heavy atom. The summed E-state index contributed by atoms with van der Waals surface area (Å²) in [5.74, 6) is 0.322. The molecule has 0 fully saturated rings. The maximum Gasteiger partial charge on any atom is 0.115 e. The molecular formula is C16H19NO. The molecule has 0 saturated carbocycles. The first kappa shape index (κ1) is 12.5. The molecule has 1 unspecified atom stereocenters. The van der Waals surface area contributed by atoms with E-state index in [0.29, 0.717) is 11.8 Å². The van der Waals surface area contributed by atoms with Crippen LogP contribution in [0.3, 0.4) is 0 Å². The predicted molar refractivity (Wildman–Crippen MR) is 76.1 cm³/mol. The smallest absolute Gasteiger partial charge is 0.115 e. The fourth-order valence-electron chi connectivity index (χ4n) is 2.03. The molecule has 0 spiro atoms. The number of anilines is 1. The van der Waals surface area contributed by atoms with Crippen LogP contribution in [0.4, 0.5) is 5.69 Å². The van der Waals surface area contributed by atoms with Crippen molar-refractivity contribution in [1.29, 1.82) is 0 Å². The van der Waals surface area contributed by atoms with Crippen LogP contribution in [0.5, 0.6) is 5.75 Å². The third-order valence-corrected chi connectivity index (χ3v) is 3.29. The van der Waals surface area contributed by atoms with Gasteiger partial charge < -0.3 is 10.0 Å². The summed E-state index contributed by atoms with van der Waals surface area (Å²) in [6, 6.07) is 18.2. The molecule has 18 heavy (non-hydrogen) atoms. The molecule has 0 heterocycles. The van der Waals surface area contributed by atoms with E-state index in [2.05, 4.69) is 43.1 Å². The zero-order chi connectivity index (χ0) is 13.0. The molecule has 2 aromatic rings. The van der Waals surface area contributed by atoms with Gasteiger partial charge in [0, 0.05) is 18.8 Å². The van der Waals surface area contributed by atoms with E-state index >= 15 is 0 Å². The van der Waals surface area contributed by atoms with Gasteiger partial charge in [0.2, 0.25) is 0 Å². The summed E-state index contributed by atoms with van der Waals surface area (Å²) in [7, 11) is 2.11. The van der Waals surface area contributed by atoms with E-state index in [1.165, 1.54) is 11.3 Å². The fourth-order valence-corrected chi connectivity index (χ4v) is 2.03. The first-order valence-corrected chi connectivity index (χ1v) is 6.22. The van der Waals surface area contributed by atoms with Gasteiger partial charge in [-0.3, -0.25) is 0 Å². The first-order chi connectivity index (χ1) is 8.66. The van der Waals surface area contributed by atoms with Crippen molar-refractivity contribution in [1.82, 2.24) is 0 Å². The van der Waals surface area contributed by atoms with Crippen LogP contribution >= 0.6 is 0 Å². The summed E-state index contributed by atoms with van der Waals surface area (Å²) in [5, 5.41) is 9.27.